The average molecular weight is 332 g/mol. The third kappa shape index (κ3) is 2.38. The number of aryl methyl sites for hydroxylation is 3. The molecule has 0 radical (unpaired) electrons. The standard InChI is InChI=1S/C21H16O4/c1-11-4-6-14(7-5-11)19(23)18-20-16(13(3)10-24-20)9-15-12(2)8-17(22)25-21(15)18/h4-10H,1-3H3. The Morgan fingerprint density at radius 2 is 1.56 bits per heavy atom. The number of ketones is 1. The van der Waals surface area contributed by atoms with E-state index in [-0.39, 0.29) is 11.4 Å². The molecule has 124 valence electrons. The zero-order valence-electron chi connectivity index (χ0n) is 14.2. The highest BCUT2D eigenvalue weighted by molar-refractivity contribution is 6.22. The van der Waals surface area contributed by atoms with Crippen molar-refractivity contribution in [1.82, 2.24) is 0 Å². The maximum atomic E-state index is 13.2. The molecule has 0 N–H and O–H groups in total. The van der Waals surface area contributed by atoms with Crippen molar-refractivity contribution in [3.8, 4) is 0 Å². The fourth-order valence-electron chi connectivity index (χ4n) is 3.11. The number of rotatable bonds is 2. The van der Waals surface area contributed by atoms with E-state index in [4.69, 9.17) is 8.83 Å². The Labute approximate surface area is 143 Å². The number of benzene rings is 2. The lowest BCUT2D eigenvalue weighted by Gasteiger charge is -2.08. The van der Waals surface area contributed by atoms with Crippen molar-refractivity contribution in [2.75, 3.05) is 0 Å². The van der Waals surface area contributed by atoms with E-state index in [0.717, 1.165) is 27.5 Å². The molecule has 0 aliphatic carbocycles. The van der Waals surface area contributed by atoms with Gasteiger partial charge in [-0.05, 0) is 38.0 Å². The van der Waals surface area contributed by atoms with E-state index in [0.29, 0.717) is 16.7 Å². The summed E-state index contributed by atoms with van der Waals surface area (Å²) in [5, 5.41) is 1.59. The maximum Gasteiger partial charge on any atom is 0.336 e. The summed E-state index contributed by atoms with van der Waals surface area (Å²) >= 11 is 0. The van der Waals surface area contributed by atoms with Crippen LogP contribution >= 0.6 is 0 Å². The van der Waals surface area contributed by atoms with E-state index in [1.54, 1.807) is 18.4 Å². The fourth-order valence-corrected chi connectivity index (χ4v) is 3.11. The van der Waals surface area contributed by atoms with Crippen LogP contribution in [0.5, 0.6) is 0 Å². The third-order valence-electron chi connectivity index (χ3n) is 4.51. The lowest BCUT2D eigenvalue weighted by Crippen LogP contribution is -2.06. The summed E-state index contributed by atoms with van der Waals surface area (Å²) in [6.07, 6.45) is 1.61. The van der Waals surface area contributed by atoms with E-state index in [1.807, 2.05) is 39.0 Å². The summed E-state index contributed by atoms with van der Waals surface area (Å²) in [6, 6.07) is 10.6. The number of carbonyl (C=O) groups excluding carboxylic acids is 1. The van der Waals surface area contributed by atoms with E-state index in [9.17, 15) is 9.59 Å². The molecule has 0 saturated carbocycles. The highest BCUT2D eigenvalue weighted by atomic mass is 16.4. The van der Waals surface area contributed by atoms with Gasteiger partial charge in [-0.25, -0.2) is 4.79 Å². The Hall–Kier alpha value is -3.14. The van der Waals surface area contributed by atoms with Crippen LogP contribution in [0.2, 0.25) is 0 Å². The summed E-state index contributed by atoms with van der Waals surface area (Å²) < 4.78 is 11.1. The van der Waals surface area contributed by atoms with Crippen LogP contribution in [0.3, 0.4) is 0 Å². The second kappa shape index (κ2) is 5.45. The van der Waals surface area contributed by atoms with Crippen molar-refractivity contribution < 1.29 is 13.6 Å². The molecule has 0 unspecified atom stereocenters. The first-order valence-electron chi connectivity index (χ1n) is 8.02. The van der Waals surface area contributed by atoms with Gasteiger partial charge in [0.1, 0.15) is 11.1 Å². The SMILES string of the molecule is Cc1ccc(C(=O)c2c3occ(C)c3cc3c(C)cc(=O)oc23)cc1. The second-order valence-corrected chi connectivity index (χ2v) is 6.37. The van der Waals surface area contributed by atoms with Gasteiger partial charge in [0.2, 0.25) is 5.78 Å². The summed E-state index contributed by atoms with van der Waals surface area (Å²) in [5.74, 6) is -0.223. The van der Waals surface area contributed by atoms with Gasteiger partial charge in [0, 0.05) is 22.4 Å². The molecule has 4 aromatic rings. The first-order valence-corrected chi connectivity index (χ1v) is 8.02. The van der Waals surface area contributed by atoms with Crippen molar-refractivity contribution in [1.29, 1.82) is 0 Å². The molecule has 2 aromatic heterocycles. The van der Waals surface area contributed by atoms with Crippen LogP contribution in [0.1, 0.15) is 32.6 Å². The minimum atomic E-state index is -0.481. The second-order valence-electron chi connectivity index (χ2n) is 6.37. The third-order valence-corrected chi connectivity index (χ3v) is 4.51. The zero-order chi connectivity index (χ0) is 17.7. The average Bonchev–Trinajstić information content (AvgIpc) is 2.94. The van der Waals surface area contributed by atoms with Crippen LogP contribution in [-0.4, -0.2) is 5.78 Å². The Balaban J connectivity index is 2.13. The van der Waals surface area contributed by atoms with Gasteiger partial charge in [-0.1, -0.05) is 29.8 Å². The molecule has 0 saturated heterocycles. The van der Waals surface area contributed by atoms with Crippen molar-refractivity contribution in [3.63, 3.8) is 0 Å². The van der Waals surface area contributed by atoms with E-state index < -0.39 is 5.63 Å². The fraction of sp³-hybridized carbons (Fsp3) is 0.143. The molecule has 0 amide bonds. The van der Waals surface area contributed by atoms with E-state index >= 15 is 0 Å². The first-order chi connectivity index (χ1) is 12.0. The number of hydrogen-bond acceptors (Lipinski definition) is 4. The predicted molar refractivity (Wildman–Crippen MR) is 96.3 cm³/mol. The predicted octanol–water partition coefficient (Wildman–Crippen LogP) is 4.70. The molecule has 2 aromatic carbocycles. The van der Waals surface area contributed by atoms with Crippen LogP contribution < -0.4 is 5.63 Å². The molecule has 0 aliphatic heterocycles. The van der Waals surface area contributed by atoms with Crippen LogP contribution in [0, 0.1) is 20.8 Å². The van der Waals surface area contributed by atoms with Gasteiger partial charge >= 0.3 is 5.63 Å². The van der Waals surface area contributed by atoms with E-state index in [1.165, 1.54) is 6.07 Å². The highest BCUT2D eigenvalue weighted by Gasteiger charge is 2.23. The largest absolute Gasteiger partial charge is 0.463 e. The Bertz CT molecular complexity index is 1190. The van der Waals surface area contributed by atoms with Gasteiger partial charge in [0.05, 0.1) is 6.26 Å². The van der Waals surface area contributed by atoms with Crippen molar-refractivity contribution in [2.45, 2.75) is 20.8 Å². The van der Waals surface area contributed by atoms with Gasteiger partial charge in [0.25, 0.3) is 0 Å². The quantitative estimate of drug-likeness (QED) is 0.394. The molecule has 4 rings (SSSR count). The summed E-state index contributed by atoms with van der Waals surface area (Å²) in [6.45, 7) is 5.72. The molecule has 0 spiro atoms. The summed E-state index contributed by atoms with van der Waals surface area (Å²) in [5.41, 5.74) is 3.83. The molecule has 0 bridgehead atoms. The summed E-state index contributed by atoms with van der Waals surface area (Å²) in [7, 11) is 0. The van der Waals surface area contributed by atoms with E-state index in [2.05, 4.69) is 0 Å². The van der Waals surface area contributed by atoms with Crippen molar-refractivity contribution >= 4 is 27.7 Å². The van der Waals surface area contributed by atoms with Crippen LogP contribution in [0.15, 0.2) is 56.3 Å². The topological polar surface area (TPSA) is 60.4 Å². The van der Waals surface area contributed by atoms with Crippen molar-refractivity contribution in [2.24, 2.45) is 0 Å². The van der Waals surface area contributed by atoms with Gasteiger partial charge in [-0.15, -0.1) is 0 Å². The molecule has 2 heterocycles. The molecule has 4 heteroatoms. The number of carbonyl (C=O) groups is 1. The number of hydrogen-bond donors (Lipinski definition) is 0. The molecule has 0 fully saturated rings. The normalized spacial score (nSPS) is 11.3. The molecule has 0 atom stereocenters. The van der Waals surface area contributed by atoms with Crippen LogP contribution in [0.25, 0.3) is 21.9 Å². The van der Waals surface area contributed by atoms with Gasteiger partial charge in [-0.2, -0.15) is 0 Å². The molecular weight excluding hydrogens is 316 g/mol. The Morgan fingerprint density at radius 3 is 2.28 bits per heavy atom. The van der Waals surface area contributed by atoms with Gasteiger partial charge in [0.15, 0.2) is 5.58 Å². The molecule has 25 heavy (non-hydrogen) atoms. The smallest absolute Gasteiger partial charge is 0.336 e. The Kier molecular flexibility index (Phi) is 3.35. The maximum absolute atomic E-state index is 13.2. The molecule has 4 nitrogen and oxygen atoms in total. The molecule has 0 aliphatic rings. The highest BCUT2D eigenvalue weighted by Crippen LogP contribution is 2.33. The minimum Gasteiger partial charge on any atom is -0.463 e. The lowest BCUT2D eigenvalue weighted by molar-refractivity contribution is 0.104. The first kappa shape index (κ1) is 15.4. The van der Waals surface area contributed by atoms with Crippen LogP contribution in [-0.2, 0) is 0 Å². The van der Waals surface area contributed by atoms with Crippen molar-refractivity contribution in [3.05, 3.63) is 80.9 Å². The van der Waals surface area contributed by atoms with Crippen LogP contribution in [0.4, 0.5) is 0 Å². The monoisotopic (exact) mass is 332 g/mol. The van der Waals surface area contributed by atoms with Gasteiger partial charge in [-0.3, -0.25) is 4.79 Å². The number of furan rings is 1. The summed E-state index contributed by atoms with van der Waals surface area (Å²) in [4.78, 5) is 25.1. The Morgan fingerprint density at radius 1 is 0.880 bits per heavy atom. The lowest BCUT2D eigenvalue weighted by atomic mass is 9.96. The molecular formula is C21H16O4. The van der Waals surface area contributed by atoms with Gasteiger partial charge < -0.3 is 8.83 Å². The zero-order valence-corrected chi connectivity index (χ0v) is 14.2. The minimum absolute atomic E-state index is 0.223. The number of fused-ring (bicyclic) bond motifs is 2.